The van der Waals surface area contributed by atoms with Gasteiger partial charge >= 0.3 is 5.97 Å². The maximum Gasteiger partial charge on any atom is 0.316 e. The second-order valence-corrected chi connectivity index (χ2v) is 8.23. The largest absolute Gasteiger partial charge is 0.455 e. The fourth-order valence-corrected chi connectivity index (χ4v) is 4.49. The third-order valence-corrected chi connectivity index (χ3v) is 6.24. The lowest BCUT2D eigenvalue weighted by molar-refractivity contribution is -0.146. The summed E-state index contributed by atoms with van der Waals surface area (Å²) >= 11 is 6.63. The van der Waals surface area contributed by atoms with E-state index >= 15 is 0 Å². The molecule has 5 nitrogen and oxygen atoms in total. The Hall–Kier alpha value is -1.60. The molecule has 1 amide bonds. The number of aryl methyl sites for hydroxylation is 1. The zero-order chi connectivity index (χ0) is 18.4. The van der Waals surface area contributed by atoms with Crippen LogP contribution in [-0.2, 0) is 20.7 Å². The third-order valence-electron chi connectivity index (χ3n) is 4.75. The van der Waals surface area contributed by atoms with Crippen molar-refractivity contribution in [2.75, 3.05) is 25.4 Å². The van der Waals surface area contributed by atoms with Crippen molar-refractivity contribution in [3.63, 3.8) is 0 Å². The molecule has 0 radical (unpaired) electrons. The van der Waals surface area contributed by atoms with E-state index in [-0.39, 0.29) is 24.3 Å². The van der Waals surface area contributed by atoms with Gasteiger partial charge in [-0.2, -0.15) is 0 Å². The van der Waals surface area contributed by atoms with Crippen molar-refractivity contribution >= 4 is 40.2 Å². The zero-order valence-electron chi connectivity index (χ0n) is 14.7. The number of rotatable bonds is 5. The first-order chi connectivity index (χ1) is 12.6. The Bertz CT molecular complexity index is 675. The predicted octanol–water partition coefficient (Wildman–Crippen LogP) is 2.84. The number of nitrogens with zero attached hydrogens (tertiary/aromatic N) is 1. The number of thiocarbonyl (C=S) groups is 1. The first-order valence-electron chi connectivity index (χ1n) is 9.08. The molecule has 1 atom stereocenters. The fraction of sp³-hybridized carbons (Fsp3) is 0.526. The summed E-state index contributed by atoms with van der Waals surface area (Å²) in [6.07, 6.45) is 5.31. The fourth-order valence-electron chi connectivity index (χ4n) is 3.44. The van der Waals surface area contributed by atoms with Crippen LogP contribution in [0.2, 0.25) is 0 Å². The molecule has 140 valence electrons. The molecule has 0 bridgehead atoms. The van der Waals surface area contributed by atoms with Gasteiger partial charge in [-0.15, -0.1) is 0 Å². The molecule has 0 saturated carbocycles. The van der Waals surface area contributed by atoms with Gasteiger partial charge in [-0.05, 0) is 43.2 Å². The van der Waals surface area contributed by atoms with Crippen LogP contribution in [0, 0.1) is 0 Å². The van der Waals surface area contributed by atoms with Crippen LogP contribution in [0.5, 0.6) is 0 Å². The molecule has 1 aromatic carbocycles. The maximum absolute atomic E-state index is 12.1. The highest BCUT2D eigenvalue weighted by molar-refractivity contribution is 8.23. The van der Waals surface area contributed by atoms with Gasteiger partial charge in [0.15, 0.2) is 6.61 Å². The predicted molar refractivity (Wildman–Crippen MR) is 107 cm³/mol. The molecule has 1 fully saturated rings. The van der Waals surface area contributed by atoms with Gasteiger partial charge in [0, 0.05) is 13.1 Å². The van der Waals surface area contributed by atoms with Crippen molar-refractivity contribution in [1.29, 1.82) is 0 Å². The van der Waals surface area contributed by atoms with Crippen LogP contribution in [0.3, 0.4) is 0 Å². The number of benzene rings is 1. The van der Waals surface area contributed by atoms with Gasteiger partial charge < -0.3 is 15.0 Å². The highest BCUT2D eigenvalue weighted by atomic mass is 32.2. The quantitative estimate of drug-likeness (QED) is 0.614. The molecule has 0 aromatic heterocycles. The van der Waals surface area contributed by atoms with Crippen LogP contribution in [0.25, 0.3) is 0 Å². The third kappa shape index (κ3) is 5.20. The van der Waals surface area contributed by atoms with E-state index in [4.69, 9.17) is 17.0 Å². The molecular weight excluding hydrogens is 368 g/mol. The van der Waals surface area contributed by atoms with Gasteiger partial charge in [0.05, 0.1) is 11.8 Å². The van der Waals surface area contributed by atoms with E-state index < -0.39 is 5.97 Å². The second kappa shape index (κ2) is 9.37. The molecule has 1 aliphatic carbocycles. The number of carbonyl (C=O) groups excluding carboxylic acids is 2. The van der Waals surface area contributed by atoms with Crippen molar-refractivity contribution in [2.24, 2.45) is 0 Å². The number of fused-ring (bicyclic) bond motifs is 1. The van der Waals surface area contributed by atoms with E-state index in [1.54, 1.807) is 0 Å². The van der Waals surface area contributed by atoms with Crippen LogP contribution in [0.4, 0.5) is 0 Å². The summed E-state index contributed by atoms with van der Waals surface area (Å²) in [4.78, 5) is 26.1. The Labute approximate surface area is 163 Å². The molecule has 3 rings (SSSR count). The smallest absolute Gasteiger partial charge is 0.316 e. The van der Waals surface area contributed by atoms with Gasteiger partial charge in [0.1, 0.15) is 4.32 Å². The number of hydrogen-bond donors (Lipinski definition) is 1. The maximum atomic E-state index is 12.1. The minimum absolute atomic E-state index is 0.00303. The lowest BCUT2D eigenvalue weighted by Crippen LogP contribution is -2.34. The summed E-state index contributed by atoms with van der Waals surface area (Å²) in [6, 6.07) is 8.18. The molecule has 26 heavy (non-hydrogen) atoms. The van der Waals surface area contributed by atoms with Gasteiger partial charge in [0.2, 0.25) is 0 Å². The lowest BCUT2D eigenvalue weighted by Gasteiger charge is -2.26. The Morgan fingerprint density at radius 1 is 1.23 bits per heavy atom. The average Bonchev–Trinajstić information content (AvgIpc) is 3.19. The van der Waals surface area contributed by atoms with Gasteiger partial charge in [0.25, 0.3) is 5.91 Å². The van der Waals surface area contributed by atoms with Crippen molar-refractivity contribution in [3.05, 3.63) is 35.4 Å². The minimum Gasteiger partial charge on any atom is -0.455 e. The SMILES string of the molecule is O=C(COC(=O)CSC(=S)N1CCCC1)N[C@H]1CCCc2ccccc21. The van der Waals surface area contributed by atoms with Crippen LogP contribution < -0.4 is 5.32 Å². The molecule has 2 aliphatic rings. The lowest BCUT2D eigenvalue weighted by atomic mass is 9.88. The van der Waals surface area contributed by atoms with Crippen molar-refractivity contribution in [2.45, 2.75) is 38.1 Å². The Balaban J connectivity index is 1.39. The highest BCUT2D eigenvalue weighted by Gasteiger charge is 2.22. The summed E-state index contributed by atoms with van der Waals surface area (Å²) in [7, 11) is 0. The van der Waals surface area contributed by atoms with Gasteiger partial charge in [-0.25, -0.2) is 0 Å². The van der Waals surface area contributed by atoms with E-state index in [0.717, 1.165) is 49.5 Å². The van der Waals surface area contributed by atoms with E-state index in [2.05, 4.69) is 22.3 Å². The Kier molecular flexibility index (Phi) is 6.91. The first kappa shape index (κ1) is 19.2. The number of carbonyl (C=O) groups is 2. The molecule has 0 spiro atoms. The molecule has 1 aliphatic heterocycles. The number of amides is 1. The molecule has 7 heteroatoms. The molecule has 1 saturated heterocycles. The van der Waals surface area contributed by atoms with Crippen LogP contribution >= 0.6 is 24.0 Å². The van der Waals surface area contributed by atoms with Gasteiger partial charge in [-0.1, -0.05) is 48.2 Å². The standard InChI is InChI=1S/C19H24N2O3S2/c22-17(20-16-9-5-7-14-6-1-2-8-15(14)16)12-24-18(23)13-26-19(25)21-10-3-4-11-21/h1-2,6,8,16H,3-5,7,9-13H2,(H,20,22)/t16-/m0/s1. The average molecular weight is 393 g/mol. The van der Waals surface area contributed by atoms with Crippen molar-refractivity contribution < 1.29 is 14.3 Å². The van der Waals surface area contributed by atoms with Crippen molar-refractivity contribution in [1.82, 2.24) is 10.2 Å². The number of nitrogens with one attached hydrogen (secondary N) is 1. The number of hydrogen-bond acceptors (Lipinski definition) is 5. The summed E-state index contributed by atoms with van der Waals surface area (Å²) in [5.41, 5.74) is 2.46. The number of likely N-dealkylation sites (tertiary alicyclic amines) is 1. The Morgan fingerprint density at radius 3 is 2.81 bits per heavy atom. The number of esters is 1. The molecule has 0 unspecified atom stereocenters. The molecule has 1 N–H and O–H groups in total. The first-order valence-corrected chi connectivity index (χ1v) is 10.5. The van der Waals surface area contributed by atoms with Crippen molar-refractivity contribution in [3.8, 4) is 0 Å². The molecule has 1 heterocycles. The van der Waals surface area contributed by atoms with E-state index in [9.17, 15) is 9.59 Å². The molecule has 1 aromatic rings. The van der Waals surface area contributed by atoms with Crippen LogP contribution in [0.15, 0.2) is 24.3 Å². The normalized spacial score (nSPS) is 18.9. The summed E-state index contributed by atoms with van der Waals surface area (Å²) in [5.74, 6) is -0.516. The summed E-state index contributed by atoms with van der Waals surface area (Å²) in [6.45, 7) is 1.69. The minimum atomic E-state index is -0.407. The van der Waals surface area contributed by atoms with E-state index in [1.165, 1.54) is 22.9 Å². The molecular formula is C19H24N2O3S2. The monoisotopic (exact) mass is 392 g/mol. The van der Waals surface area contributed by atoms with E-state index in [0.29, 0.717) is 0 Å². The van der Waals surface area contributed by atoms with E-state index in [1.807, 2.05) is 12.1 Å². The highest BCUT2D eigenvalue weighted by Crippen LogP contribution is 2.29. The number of ether oxygens (including phenoxy) is 1. The second-order valence-electron chi connectivity index (χ2n) is 6.62. The zero-order valence-corrected chi connectivity index (χ0v) is 16.4. The topological polar surface area (TPSA) is 58.6 Å². The summed E-state index contributed by atoms with van der Waals surface area (Å²) < 4.78 is 5.84. The summed E-state index contributed by atoms with van der Waals surface area (Å²) in [5, 5.41) is 2.98. The van der Waals surface area contributed by atoms with Gasteiger partial charge in [-0.3, -0.25) is 9.59 Å². The van der Waals surface area contributed by atoms with Crippen LogP contribution in [0.1, 0.15) is 42.9 Å². The Morgan fingerprint density at radius 2 is 2.00 bits per heavy atom. The van der Waals surface area contributed by atoms with Crippen LogP contribution in [-0.4, -0.2) is 46.5 Å². The number of thioether (sulfide) groups is 1.